The molecule has 3 rings (SSSR count). The highest BCUT2D eigenvalue weighted by molar-refractivity contribution is 7.92. The zero-order valence-electron chi connectivity index (χ0n) is 21.1. The van der Waals surface area contributed by atoms with Crippen LogP contribution >= 0.6 is 0 Å². The number of nitrogens with one attached hydrogen (secondary N) is 1. The van der Waals surface area contributed by atoms with E-state index in [0.29, 0.717) is 10.4 Å². The Labute approximate surface area is 215 Å². The predicted molar refractivity (Wildman–Crippen MR) is 135 cm³/mol. The summed E-state index contributed by atoms with van der Waals surface area (Å²) in [6.07, 6.45) is -0.157. The molecule has 2 aromatic carbocycles. The van der Waals surface area contributed by atoms with E-state index in [1.165, 1.54) is 11.0 Å². The standard InChI is InChI=1S/C26H32F3N3O4S/c1-18-11-13-20(14-12-18)16-31(19(2)25(34)30-22-8-4-5-9-22)24(33)17-32(37(3,35)36)23-10-6-7-21(15-23)26(27,28)29/h6-7,10-15,19,22H,4-5,8-9,16-17H2,1-3H3,(H,30,34). The maximum atomic E-state index is 13.5. The number of amides is 2. The summed E-state index contributed by atoms with van der Waals surface area (Å²) in [5.41, 5.74) is 0.404. The molecule has 7 nitrogen and oxygen atoms in total. The van der Waals surface area contributed by atoms with Gasteiger partial charge in [0.2, 0.25) is 21.8 Å². The largest absolute Gasteiger partial charge is 0.416 e. The molecule has 1 aliphatic rings. The Morgan fingerprint density at radius 2 is 1.70 bits per heavy atom. The van der Waals surface area contributed by atoms with Gasteiger partial charge in [-0.1, -0.05) is 48.7 Å². The average Bonchev–Trinajstić information content (AvgIpc) is 3.33. The predicted octanol–water partition coefficient (Wildman–Crippen LogP) is 4.26. The zero-order chi connectivity index (χ0) is 27.4. The molecule has 0 radical (unpaired) electrons. The minimum atomic E-state index is -4.69. The van der Waals surface area contributed by atoms with Crippen LogP contribution in [0.15, 0.2) is 48.5 Å². The van der Waals surface area contributed by atoms with E-state index in [0.717, 1.165) is 55.2 Å². The smallest absolute Gasteiger partial charge is 0.352 e. The van der Waals surface area contributed by atoms with Gasteiger partial charge in [0.1, 0.15) is 12.6 Å². The van der Waals surface area contributed by atoms with Gasteiger partial charge in [-0.25, -0.2) is 8.42 Å². The SMILES string of the molecule is Cc1ccc(CN(C(=O)CN(c2cccc(C(F)(F)F)c2)S(C)(=O)=O)C(C)C(=O)NC2CCCC2)cc1. The van der Waals surface area contributed by atoms with Crippen LogP contribution in [0.25, 0.3) is 0 Å². The number of halogens is 3. The molecule has 0 aliphatic heterocycles. The zero-order valence-corrected chi connectivity index (χ0v) is 21.9. The molecular formula is C26H32F3N3O4S. The highest BCUT2D eigenvalue weighted by Crippen LogP contribution is 2.32. The van der Waals surface area contributed by atoms with Gasteiger partial charge in [-0.2, -0.15) is 13.2 Å². The number of carbonyl (C=O) groups is 2. The highest BCUT2D eigenvalue weighted by atomic mass is 32.2. The molecule has 1 saturated carbocycles. The molecule has 2 aromatic rings. The number of hydrogen-bond donors (Lipinski definition) is 1. The number of benzene rings is 2. The van der Waals surface area contributed by atoms with E-state index in [1.807, 2.05) is 19.1 Å². The first-order valence-corrected chi connectivity index (χ1v) is 13.9. The van der Waals surface area contributed by atoms with Crippen molar-refractivity contribution in [3.63, 3.8) is 0 Å². The van der Waals surface area contributed by atoms with Crippen LogP contribution in [0.1, 0.15) is 49.3 Å². The first-order valence-electron chi connectivity index (χ1n) is 12.1. The van der Waals surface area contributed by atoms with Crippen LogP contribution < -0.4 is 9.62 Å². The van der Waals surface area contributed by atoms with Crippen molar-refractivity contribution >= 4 is 27.5 Å². The summed E-state index contributed by atoms with van der Waals surface area (Å²) in [6.45, 7) is 2.74. The Morgan fingerprint density at radius 1 is 1.08 bits per heavy atom. The summed E-state index contributed by atoms with van der Waals surface area (Å²) >= 11 is 0. The van der Waals surface area contributed by atoms with Gasteiger partial charge in [0.25, 0.3) is 0 Å². The van der Waals surface area contributed by atoms with Crippen LogP contribution in [-0.2, 0) is 32.3 Å². The molecule has 1 unspecified atom stereocenters. The summed E-state index contributed by atoms with van der Waals surface area (Å²) < 4.78 is 65.6. The lowest BCUT2D eigenvalue weighted by Gasteiger charge is -2.32. The summed E-state index contributed by atoms with van der Waals surface area (Å²) in [5.74, 6) is -1.07. The van der Waals surface area contributed by atoms with Crippen molar-refractivity contribution < 1.29 is 31.2 Å². The van der Waals surface area contributed by atoms with Crippen molar-refractivity contribution in [1.82, 2.24) is 10.2 Å². The van der Waals surface area contributed by atoms with Gasteiger partial charge in [-0.3, -0.25) is 13.9 Å². The van der Waals surface area contributed by atoms with Crippen LogP contribution in [0.4, 0.5) is 18.9 Å². The normalized spacial score (nSPS) is 15.3. The maximum Gasteiger partial charge on any atom is 0.416 e. The lowest BCUT2D eigenvalue weighted by atomic mass is 10.1. The van der Waals surface area contributed by atoms with Gasteiger partial charge in [0.05, 0.1) is 17.5 Å². The van der Waals surface area contributed by atoms with Crippen molar-refractivity contribution in [3.05, 3.63) is 65.2 Å². The molecule has 37 heavy (non-hydrogen) atoms. The molecule has 0 spiro atoms. The van der Waals surface area contributed by atoms with E-state index in [4.69, 9.17) is 0 Å². The van der Waals surface area contributed by atoms with Crippen molar-refractivity contribution in [2.75, 3.05) is 17.1 Å². The molecule has 0 heterocycles. The molecule has 1 fully saturated rings. The molecule has 1 N–H and O–H groups in total. The fraction of sp³-hybridized carbons (Fsp3) is 0.462. The molecule has 0 saturated heterocycles. The summed E-state index contributed by atoms with van der Waals surface area (Å²) in [7, 11) is -4.13. The number of sulfonamides is 1. The lowest BCUT2D eigenvalue weighted by Crippen LogP contribution is -2.52. The Kier molecular flexibility index (Phi) is 8.88. The fourth-order valence-corrected chi connectivity index (χ4v) is 5.16. The van der Waals surface area contributed by atoms with Gasteiger partial charge in [-0.15, -0.1) is 0 Å². The van der Waals surface area contributed by atoms with Gasteiger partial charge >= 0.3 is 6.18 Å². The van der Waals surface area contributed by atoms with Crippen molar-refractivity contribution in [2.24, 2.45) is 0 Å². The van der Waals surface area contributed by atoms with Crippen molar-refractivity contribution in [2.45, 2.75) is 64.3 Å². The molecule has 202 valence electrons. The summed E-state index contributed by atoms with van der Waals surface area (Å²) in [6, 6.07) is 10.2. The van der Waals surface area contributed by atoms with Crippen LogP contribution in [0.2, 0.25) is 0 Å². The topological polar surface area (TPSA) is 86.8 Å². The Balaban J connectivity index is 1.91. The van der Waals surface area contributed by atoms with Gasteiger partial charge in [0.15, 0.2) is 0 Å². The van der Waals surface area contributed by atoms with Crippen molar-refractivity contribution in [3.8, 4) is 0 Å². The summed E-state index contributed by atoms with van der Waals surface area (Å²) in [4.78, 5) is 27.8. The van der Waals surface area contributed by atoms with E-state index in [1.54, 1.807) is 19.1 Å². The van der Waals surface area contributed by atoms with E-state index >= 15 is 0 Å². The van der Waals surface area contributed by atoms with Crippen LogP contribution in [0, 0.1) is 6.92 Å². The second-order valence-corrected chi connectivity index (χ2v) is 11.4. The van der Waals surface area contributed by atoms with Crippen molar-refractivity contribution in [1.29, 1.82) is 0 Å². The number of carbonyl (C=O) groups excluding carboxylic acids is 2. The van der Waals surface area contributed by atoms with Crippen LogP contribution in [0.5, 0.6) is 0 Å². The second-order valence-electron chi connectivity index (χ2n) is 9.49. The molecule has 1 atom stereocenters. The average molecular weight is 540 g/mol. The first kappa shape index (κ1) is 28.5. The van der Waals surface area contributed by atoms with E-state index < -0.39 is 40.3 Å². The van der Waals surface area contributed by atoms with Crippen LogP contribution in [0.3, 0.4) is 0 Å². The quantitative estimate of drug-likeness (QED) is 0.516. The number of aryl methyl sites for hydroxylation is 1. The number of anilines is 1. The Hall–Kier alpha value is -3.08. The Bertz CT molecular complexity index is 1210. The van der Waals surface area contributed by atoms with Gasteiger partial charge in [-0.05, 0) is 50.5 Å². The molecule has 0 bridgehead atoms. The third kappa shape index (κ3) is 7.70. The highest BCUT2D eigenvalue weighted by Gasteiger charge is 2.34. The first-order chi connectivity index (χ1) is 17.3. The van der Waals surface area contributed by atoms with Gasteiger partial charge in [0, 0.05) is 12.6 Å². The summed E-state index contributed by atoms with van der Waals surface area (Å²) in [5, 5.41) is 2.96. The monoisotopic (exact) mass is 539 g/mol. The Morgan fingerprint density at radius 3 is 2.27 bits per heavy atom. The number of alkyl halides is 3. The van der Waals surface area contributed by atoms with Gasteiger partial charge < -0.3 is 10.2 Å². The minimum Gasteiger partial charge on any atom is -0.352 e. The molecule has 1 aliphatic carbocycles. The molecule has 0 aromatic heterocycles. The van der Waals surface area contributed by atoms with E-state index in [-0.39, 0.29) is 24.2 Å². The third-order valence-electron chi connectivity index (χ3n) is 6.48. The van der Waals surface area contributed by atoms with Crippen LogP contribution in [-0.4, -0.2) is 50.0 Å². The molecular weight excluding hydrogens is 507 g/mol. The van der Waals surface area contributed by atoms with E-state index in [2.05, 4.69) is 5.32 Å². The maximum absolute atomic E-state index is 13.5. The molecule has 2 amide bonds. The lowest BCUT2D eigenvalue weighted by molar-refractivity contribution is -0.139. The third-order valence-corrected chi connectivity index (χ3v) is 7.62. The number of nitrogens with zero attached hydrogens (tertiary/aromatic N) is 2. The second kappa shape index (κ2) is 11.5. The van der Waals surface area contributed by atoms with E-state index in [9.17, 15) is 31.2 Å². The molecule has 11 heteroatoms. The fourth-order valence-electron chi connectivity index (χ4n) is 4.32. The number of hydrogen-bond acceptors (Lipinski definition) is 4. The number of rotatable bonds is 9. The minimum absolute atomic E-state index is 0.0175.